The van der Waals surface area contributed by atoms with E-state index in [1.807, 2.05) is 46.9 Å². The first-order chi connectivity index (χ1) is 14.1. The van der Waals surface area contributed by atoms with Gasteiger partial charge in [-0.15, -0.1) is 11.3 Å². The molecule has 0 radical (unpaired) electrons. The van der Waals surface area contributed by atoms with E-state index in [-0.39, 0.29) is 11.7 Å². The molecule has 1 aliphatic heterocycles. The van der Waals surface area contributed by atoms with Crippen LogP contribution in [-0.4, -0.2) is 47.6 Å². The van der Waals surface area contributed by atoms with Gasteiger partial charge in [0.05, 0.1) is 19.5 Å². The summed E-state index contributed by atoms with van der Waals surface area (Å²) >= 11 is 1.45. The average molecular weight is 411 g/mol. The van der Waals surface area contributed by atoms with Crippen LogP contribution in [0.4, 0.5) is 0 Å². The molecule has 1 saturated heterocycles. The van der Waals surface area contributed by atoms with Gasteiger partial charge in [0.2, 0.25) is 0 Å². The quantitative estimate of drug-likeness (QED) is 0.661. The number of nitrogens with zero attached hydrogens (tertiary/aromatic N) is 3. The van der Waals surface area contributed by atoms with Crippen molar-refractivity contribution in [2.75, 3.05) is 26.3 Å². The number of furan rings is 1. The van der Waals surface area contributed by atoms with E-state index in [4.69, 9.17) is 9.15 Å². The van der Waals surface area contributed by atoms with Crippen LogP contribution in [0, 0.1) is 6.92 Å². The Morgan fingerprint density at radius 3 is 2.59 bits per heavy atom. The average Bonchev–Trinajstić information content (AvgIpc) is 3.39. The van der Waals surface area contributed by atoms with Gasteiger partial charge in [-0.1, -0.05) is 12.1 Å². The molecule has 0 aliphatic carbocycles. The molecule has 0 N–H and O–H groups in total. The SMILES string of the molecule is Cc1cn(Cc2ccc(C(=O)N3CCOCC3)cc2)c(=NC(=O)c2ccco2)s1. The number of aryl methyl sites for hydroxylation is 1. The van der Waals surface area contributed by atoms with Gasteiger partial charge < -0.3 is 18.6 Å². The van der Waals surface area contributed by atoms with Crippen LogP contribution in [0.25, 0.3) is 0 Å². The molecule has 3 aromatic rings. The van der Waals surface area contributed by atoms with Crippen molar-refractivity contribution in [3.63, 3.8) is 0 Å². The molecule has 3 heterocycles. The van der Waals surface area contributed by atoms with Crippen molar-refractivity contribution in [3.05, 3.63) is 75.4 Å². The molecular weight excluding hydrogens is 390 g/mol. The minimum atomic E-state index is -0.406. The Morgan fingerprint density at radius 1 is 1.14 bits per heavy atom. The lowest BCUT2D eigenvalue weighted by Gasteiger charge is -2.26. The van der Waals surface area contributed by atoms with Crippen molar-refractivity contribution < 1.29 is 18.7 Å². The monoisotopic (exact) mass is 411 g/mol. The molecule has 0 bridgehead atoms. The second kappa shape index (κ2) is 8.59. The fourth-order valence-corrected chi connectivity index (χ4v) is 3.98. The maximum absolute atomic E-state index is 12.6. The molecule has 1 aromatic carbocycles. The van der Waals surface area contributed by atoms with Crippen LogP contribution in [0.1, 0.15) is 31.4 Å². The molecule has 2 aromatic heterocycles. The third kappa shape index (κ3) is 4.55. The topological polar surface area (TPSA) is 77.0 Å². The fraction of sp³-hybridized carbons (Fsp3) is 0.286. The molecular formula is C21H21N3O4S. The molecule has 0 unspecified atom stereocenters. The molecule has 150 valence electrons. The lowest BCUT2D eigenvalue weighted by Crippen LogP contribution is -2.40. The molecule has 8 heteroatoms. The van der Waals surface area contributed by atoms with Gasteiger partial charge in [0.25, 0.3) is 5.91 Å². The number of ether oxygens (including phenoxy) is 1. The first kappa shape index (κ1) is 19.4. The Labute approximate surface area is 171 Å². The summed E-state index contributed by atoms with van der Waals surface area (Å²) in [6, 6.07) is 10.8. The normalized spacial score (nSPS) is 14.9. The highest BCUT2D eigenvalue weighted by Gasteiger charge is 2.18. The Balaban J connectivity index is 1.51. The maximum Gasteiger partial charge on any atom is 0.315 e. The van der Waals surface area contributed by atoms with Crippen LogP contribution in [0.15, 0.2) is 58.3 Å². The summed E-state index contributed by atoms with van der Waals surface area (Å²) in [4.78, 5) is 32.5. The second-order valence-corrected chi connectivity index (χ2v) is 7.96. The van der Waals surface area contributed by atoms with E-state index in [1.54, 1.807) is 12.1 Å². The zero-order chi connectivity index (χ0) is 20.2. The number of carbonyl (C=O) groups is 2. The number of amides is 2. The van der Waals surface area contributed by atoms with Crippen LogP contribution in [0.3, 0.4) is 0 Å². The standard InChI is InChI=1S/C21H21N3O4S/c1-15-13-24(21(29-15)22-19(25)18-3-2-10-28-18)14-16-4-6-17(7-5-16)20(26)23-8-11-27-12-9-23/h2-7,10,13H,8-9,11-12,14H2,1H3. The molecule has 1 aliphatic rings. The first-order valence-corrected chi connectivity index (χ1v) is 10.2. The van der Waals surface area contributed by atoms with Gasteiger partial charge in [-0.25, -0.2) is 0 Å². The van der Waals surface area contributed by atoms with Gasteiger partial charge in [0.15, 0.2) is 10.6 Å². The van der Waals surface area contributed by atoms with Gasteiger partial charge >= 0.3 is 5.91 Å². The maximum atomic E-state index is 12.6. The van der Waals surface area contributed by atoms with E-state index in [9.17, 15) is 9.59 Å². The molecule has 4 rings (SSSR count). The number of morpholine rings is 1. The Bertz CT molecular complexity index is 1060. The van der Waals surface area contributed by atoms with Crippen LogP contribution in [0.5, 0.6) is 0 Å². The van der Waals surface area contributed by atoms with Crippen LogP contribution in [0.2, 0.25) is 0 Å². The van der Waals surface area contributed by atoms with Crippen LogP contribution >= 0.6 is 11.3 Å². The highest BCUT2D eigenvalue weighted by Crippen LogP contribution is 2.12. The Kier molecular flexibility index (Phi) is 5.73. The number of aromatic nitrogens is 1. The number of benzene rings is 1. The third-order valence-electron chi connectivity index (χ3n) is 4.62. The van der Waals surface area contributed by atoms with Crippen molar-refractivity contribution in [3.8, 4) is 0 Å². The van der Waals surface area contributed by atoms with E-state index in [2.05, 4.69) is 4.99 Å². The summed E-state index contributed by atoms with van der Waals surface area (Å²) in [7, 11) is 0. The van der Waals surface area contributed by atoms with Gasteiger partial charge in [0.1, 0.15) is 0 Å². The van der Waals surface area contributed by atoms with E-state index in [0.29, 0.717) is 43.2 Å². The smallest absolute Gasteiger partial charge is 0.315 e. The molecule has 0 spiro atoms. The predicted octanol–water partition coefficient (Wildman–Crippen LogP) is 2.71. The van der Waals surface area contributed by atoms with Crippen molar-refractivity contribution in [1.82, 2.24) is 9.47 Å². The van der Waals surface area contributed by atoms with Crippen molar-refractivity contribution in [2.45, 2.75) is 13.5 Å². The number of hydrogen-bond acceptors (Lipinski definition) is 5. The first-order valence-electron chi connectivity index (χ1n) is 9.35. The van der Waals surface area contributed by atoms with Crippen LogP contribution in [-0.2, 0) is 11.3 Å². The zero-order valence-corrected chi connectivity index (χ0v) is 16.9. The van der Waals surface area contributed by atoms with Gasteiger partial charge in [-0.05, 0) is 36.8 Å². The van der Waals surface area contributed by atoms with Gasteiger partial charge in [0, 0.05) is 36.3 Å². The summed E-state index contributed by atoms with van der Waals surface area (Å²) in [5.41, 5.74) is 1.69. The highest BCUT2D eigenvalue weighted by atomic mass is 32.1. The molecule has 29 heavy (non-hydrogen) atoms. The number of thiazole rings is 1. The largest absolute Gasteiger partial charge is 0.459 e. The molecule has 0 saturated carbocycles. The van der Waals surface area contributed by atoms with Crippen LogP contribution < -0.4 is 4.80 Å². The molecule has 0 atom stereocenters. The summed E-state index contributed by atoms with van der Waals surface area (Å²) < 4.78 is 12.4. The Morgan fingerprint density at radius 2 is 1.90 bits per heavy atom. The van der Waals surface area contributed by atoms with Crippen molar-refractivity contribution in [1.29, 1.82) is 0 Å². The number of rotatable bonds is 4. The molecule has 7 nitrogen and oxygen atoms in total. The zero-order valence-electron chi connectivity index (χ0n) is 16.0. The minimum absolute atomic E-state index is 0.0265. The lowest BCUT2D eigenvalue weighted by atomic mass is 10.1. The van der Waals surface area contributed by atoms with E-state index < -0.39 is 5.91 Å². The number of carbonyl (C=O) groups excluding carboxylic acids is 2. The Hall–Kier alpha value is -2.97. The van der Waals surface area contributed by atoms with Crippen molar-refractivity contribution in [2.24, 2.45) is 4.99 Å². The second-order valence-electron chi connectivity index (χ2n) is 6.75. The fourth-order valence-electron chi connectivity index (χ4n) is 3.14. The minimum Gasteiger partial charge on any atom is -0.459 e. The van der Waals surface area contributed by atoms with E-state index >= 15 is 0 Å². The summed E-state index contributed by atoms with van der Waals surface area (Å²) in [5.74, 6) is -0.163. The van der Waals surface area contributed by atoms with E-state index in [0.717, 1.165) is 10.4 Å². The molecule has 1 fully saturated rings. The van der Waals surface area contributed by atoms with Gasteiger partial charge in [-0.3, -0.25) is 9.59 Å². The van der Waals surface area contributed by atoms with Gasteiger partial charge in [-0.2, -0.15) is 4.99 Å². The van der Waals surface area contributed by atoms with E-state index in [1.165, 1.54) is 17.6 Å². The lowest BCUT2D eigenvalue weighted by molar-refractivity contribution is 0.0303. The number of hydrogen-bond donors (Lipinski definition) is 0. The molecule has 2 amide bonds. The summed E-state index contributed by atoms with van der Waals surface area (Å²) in [6.45, 7) is 4.95. The van der Waals surface area contributed by atoms with Crippen molar-refractivity contribution >= 4 is 23.2 Å². The highest BCUT2D eigenvalue weighted by molar-refractivity contribution is 7.09. The summed E-state index contributed by atoms with van der Waals surface area (Å²) in [6.07, 6.45) is 3.42. The summed E-state index contributed by atoms with van der Waals surface area (Å²) in [5, 5.41) is 0. The third-order valence-corrected chi connectivity index (χ3v) is 5.55. The predicted molar refractivity (Wildman–Crippen MR) is 108 cm³/mol.